The molecule has 0 saturated carbocycles. The van der Waals surface area contributed by atoms with Crippen molar-refractivity contribution in [1.29, 1.82) is 0 Å². The van der Waals surface area contributed by atoms with Crippen molar-refractivity contribution in [2.24, 2.45) is 0 Å². The first-order valence-corrected chi connectivity index (χ1v) is 10.7. The quantitative estimate of drug-likeness (QED) is 0.471. The van der Waals surface area contributed by atoms with Gasteiger partial charge >= 0.3 is 16.8 Å². The molecule has 0 aliphatic heterocycles. The molecule has 0 spiro atoms. The second kappa shape index (κ2) is 15.8. The molecule has 0 unspecified atom stereocenters. The van der Waals surface area contributed by atoms with Crippen LogP contribution in [0.2, 0.25) is 0 Å². The van der Waals surface area contributed by atoms with Crippen molar-refractivity contribution in [1.82, 2.24) is 4.90 Å². The van der Waals surface area contributed by atoms with Gasteiger partial charge in [0.05, 0.1) is 0 Å². The van der Waals surface area contributed by atoms with E-state index in [9.17, 15) is 0 Å². The molecule has 177 valence electrons. The second-order valence-electron chi connectivity index (χ2n) is 8.54. The van der Waals surface area contributed by atoms with Crippen LogP contribution in [0.1, 0.15) is 61.8 Å². The number of nitrogens with zero attached hydrogens (tertiary/aromatic N) is 1. The Balaban J connectivity index is 0. The number of hydrogen-bond donors (Lipinski definition) is 2. The van der Waals surface area contributed by atoms with Crippen molar-refractivity contribution in [2.45, 2.75) is 53.4 Å². The minimum atomic E-state index is 0. The molecule has 1 radical (unpaired) electrons. The van der Waals surface area contributed by atoms with E-state index in [1.165, 1.54) is 33.6 Å². The van der Waals surface area contributed by atoms with Crippen molar-refractivity contribution >= 4 is 11.4 Å². The Bertz CT molecular complexity index is 720. The molecule has 2 aromatic carbocycles. The van der Waals surface area contributed by atoms with Gasteiger partial charge in [-0.25, -0.2) is 0 Å². The summed E-state index contributed by atoms with van der Waals surface area (Å²) in [5.41, 5.74) is 8.10. The molecule has 2 rings (SSSR count). The van der Waals surface area contributed by atoms with Crippen LogP contribution in [0, 0.1) is 13.8 Å². The first kappa shape index (κ1) is 32.3. The average molecular weight is 511 g/mol. The standard InChI is InChI=1S/C25H39N3.2ClH.Co/c1-18(2)22-12-9-13-23(19(3)4)25(22)27-15-17-28(7)16-14-26-24-20(5)10-8-11-21(24)6;;;/h8-13,18-19,26-27H,14-17H2,1-7H3;2*1H;/q;;;+2/p-2. The van der Waals surface area contributed by atoms with E-state index in [4.69, 9.17) is 0 Å². The minimum absolute atomic E-state index is 0. The molecule has 0 amide bonds. The van der Waals surface area contributed by atoms with Crippen molar-refractivity contribution < 1.29 is 41.6 Å². The summed E-state index contributed by atoms with van der Waals surface area (Å²) >= 11 is 0. The molecule has 0 bridgehead atoms. The maximum Gasteiger partial charge on any atom is 2.00 e. The Morgan fingerprint density at radius 3 is 1.52 bits per heavy atom. The van der Waals surface area contributed by atoms with E-state index in [1.54, 1.807) is 0 Å². The molecule has 0 aliphatic carbocycles. The third kappa shape index (κ3) is 9.63. The van der Waals surface area contributed by atoms with Gasteiger partial charge in [0.15, 0.2) is 0 Å². The van der Waals surface area contributed by atoms with Gasteiger partial charge < -0.3 is 40.3 Å². The summed E-state index contributed by atoms with van der Waals surface area (Å²) in [4.78, 5) is 2.39. The number of rotatable bonds is 10. The smallest absolute Gasteiger partial charge is 1.00 e. The Hall–Kier alpha value is -0.914. The molecule has 31 heavy (non-hydrogen) atoms. The summed E-state index contributed by atoms with van der Waals surface area (Å²) in [5.74, 6) is 1.06. The van der Waals surface area contributed by atoms with Crippen LogP contribution in [-0.4, -0.2) is 38.1 Å². The summed E-state index contributed by atoms with van der Waals surface area (Å²) in [5, 5.41) is 7.35. The van der Waals surface area contributed by atoms with Crippen LogP contribution in [-0.2, 0) is 16.8 Å². The first-order valence-electron chi connectivity index (χ1n) is 10.7. The summed E-state index contributed by atoms with van der Waals surface area (Å²) < 4.78 is 0. The summed E-state index contributed by atoms with van der Waals surface area (Å²) in [6, 6.07) is 13.2. The molecule has 2 N–H and O–H groups in total. The van der Waals surface area contributed by atoms with Gasteiger partial charge in [-0.05, 0) is 55.0 Å². The summed E-state index contributed by atoms with van der Waals surface area (Å²) in [6.07, 6.45) is 0. The predicted octanol–water partition coefficient (Wildman–Crippen LogP) is 0.0115. The van der Waals surface area contributed by atoms with E-state index >= 15 is 0 Å². The van der Waals surface area contributed by atoms with E-state index in [0.717, 1.165) is 26.2 Å². The van der Waals surface area contributed by atoms with Crippen molar-refractivity contribution in [3.8, 4) is 0 Å². The van der Waals surface area contributed by atoms with Crippen LogP contribution in [0.4, 0.5) is 11.4 Å². The zero-order valence-electron chi connectivity index (χ0n) is 20.0. The molecule has 0 aliphatic rings. The maximum absolute atomic E-state index is 3.74. The Morgan fingerprint density at radius 2 is 1.10 bits per heavy atom. The summed E-state index contributed by atoms with van der Waals surface area (Å²) in [6.45, 7) is 17.4. The SMILES string of the molecule is Cc1cccc(C)c1NCCN(C)CCNc1c(C(C)C)cccc1C(C)C.[Cl-].[Cl-].[Co+2]. The van der Waals surface area contributed by atoms with Crippen molar-refractivity contribution in [3.05, 3.63) is 58.7 Å². The fraction of sp³-hybridized carbons (Fsp3) is 0.520. The maximum atomic E-state index is 3.74. The van der Waals surface area contributed by atoms with Gasteiger partial charge in [0.2, 0.25) is 0 Å². The van der Waals surface area contributed by atoms with E-state index < -0.39 is 0 Å². The van der Waals surface area contributed by atoms with Crippen LogP contribution >= 0.6 is 0 Å². The van der Waals surface area contributed by atoms with E-state index in [0.29, 0.717) is 11.8 Å². The number of likely N-dealkylation sites (N-methyl/N-ethyl adjacent to an activating group) is 1. The van der Waals surface area contributed by atoms with Crippen molar-refractivity contribution in [2.75, 3.05) is 43.9 Å². The topological polar surface area (TPSA) is 27.3 Å². The Morgan fingerprint density at radius 1 is 0.710 bits per heavy atom. The number of benzene rings is 2. The number of nitrogens with one attached hydrogen (secondary N) is 2. The largest absolute Gasteiger partial charge is 2.00 e. The predicted molar refractivity (Wildman–Crippen MR) is 125 cm³/mol. The minimum Gasteiger partial charge on any atom is -1.00 e. The van der Waals surface area contributed by atoms with Crippen LogP contribution in [0.3, 0.4) is 0 Å². The third-order valence-electron chi connectivity index (χ3n) is 5.44. The fourth-order valence-corrected chi connectivity index (χ4v) is 3.70. The molecule has 2 aromatic rings. The van der Waals surface area contributed by atoms with Gasteiger partial charge in [0.25, 0.3) is 0 Å². The van der Waals surface area contributed by atoms with Gasteiger partial charge in [0.1, 0.15) is 0 Å². The van der Waals surface area contributed by atoms with Gasteiger partial charge in [-0.2, -0.15) is 0 Å². The molecule has 3 nitrogen and oxygen atoms in total. The fourth-order valence-electron chi connectivity index (χ4n) is 3.70. The monoisotopic (exact) mass is 510 g/mol. The van der Waals surface area contributed by atoms with Gasteiger partial charge in [-0.1, -0.05) is 64.1 Å². The van der Waals surface area contributed by atoms with Crippen LogP contribution < -0.4 is 35.4 Å². The Labute approximate surface area is 213 Å². The molecule has 0 aromatic heterocycles. The van der Waals surface area contributed by atoms with Gasteiger partial charge in [-0.15, -0.1) is 0 Å². The van der Waals surface area contributed by atoms with Crippen LogP contribution in [0.25, 0.3) is 0 Å². The molecule has 6 heteroatoms. The molecule has 0 atom stereocenters. The normalized spacial score (nSPS) is 10.4. The first-order chi connectivity index (χ1) is 13.3. The zero-order valence-corrected chi connectivity index (χ0v) is 22.5. The van der Waals surface area contributed by atoms with Gasteiger partial charge in [0, 0.05) is 37.6 Å². The summed E-state index contributed by atoms with van der Waals surface area (Å²) in [7, 11) is 2.20. The van der Waals surface area contributed by atoms with Crippen molar-refractivity contribution in [3.63, 3.8) is 0 Å². The molecular weight excluding hydrogens is 472 g/mol. The molecule has 0 fully saturated rings. The molecule has 0 saturated heterocycles. The number of para-hydroxylation sites is 2. The van der Waals surface area contributed by atoms with Crippen LogP contribution in [0.5, 0.6) is 0 Å². The number of aryl methyl sites for hydroxylation is 2. The van der Waals surface area contributed by atoms with E-state index in [-0.39, 0.29) is 41.6 Å². The van der Waals surface area contributed by atoms with E-state index in [1.807, 2.05) is 0 Å². The number of anilines is 2. The average Bonchev–Trinajstić information content (AvgIpc) is 2.63. The molecular formula is C25H39Cl2CoN3. The Kier molecular flexibility index (Phi) is 16.5. The van der Waals surface area contributed by atoms with E-state index in [2.05, 4.69) is 101 Å². The third-order valence-corrected chi connectivity index (χ3v) is 5.44. The van der Waals surface area contributed by atoms with Crippen LogP contribution in [0.15, 0.2) is 36.4 Å². The zero-order chi connectivity index (χ0) is 20.7. The number of halogens is 2. The van der Waals surface area contributed by atoms with Gasteiger partial charge in [-0.3, -0.25) is 0 Å². The number of hydrogen-bond acceptors (Lipinski definition) is 3. The second-order valence-corrected chi connectivity index (χ2v) is 8.54. The molecule has 0 heterocycles.